The highest BCUT2D eigenvalue weighted by Crippen LogP contribution is 2.32. The highest BCUT2D eigenvalue weighted by molar-refractivity contribution is 6.22. The average molecular weight is 289 g/mol. The minimum absolute atomic E-state index is 0.122. The normalized spacial score (nSPS) is 12.5. The minimum atomic E-state index is -0.122. The Morgan fingerprint density at radius 3 is 2.15 bits per heavy atom. The first-order chi connectivity index (χ1) is 9.47. The maximum Gasteiger partial charge on any atom is 0.119 e. The number of benzene rings is 2. The van der Waals surface area contributed by atoms with E-state index in [1.165, 1.54) is 11.1 Å². The minimum Gasteiger partial charge on any atom is -0.491 e. The molecule has 0 heterocycles. The molecule has 0 spiro atoms. The number of hydrogen-bond donors (Lipinski definition) is 0. The molecule has 2 aromatic rings. The lowest BCUT2D eigenvalue weighted by atomic mass is 9.98. The fourth-order valence-corrected chi connectivity index (χ4v) is 2.67. The molecule has 106 valence electrons. The van der Waals surface area contributed by atoms with Crippen molar-refractivity contribution in [2.24, 2.45) is 0 Å². The quantitative estimate of drug-likeness (QED) is 0.683. The summed E-state index contributed by atoms with van der Waals surface area (Å²) in [4.78, 5) is 0. The second-order valence-corrected chi connectivity index (χ2v) is 5.89. The van der Waals surface area contributed by atoms with Crippen LogP contribution in [-0.4, -0.2) is 6.10 Å². The van der Waals surface area contributed by atoms with E-state index in [4.69, 9.17) is 16.3 Å². The third-order valence-electron chi connectivity index (χ3n) is 3.24. The van der Waals surface area contributed by atoms with Gasteiger partial charge in [0, 0.05) is 0 Å². The molecule has 20 heavy (non-hydrogen) atoms. The van der Waals surface area contributed by atoms with Crippen LogP contribution in [0.1, 0.15) is 41.5 Å². The highest BCUT2D eigenvalue weighted by atomic mass is 35.5. The first-order valence-corrected chi connectivity index (χ1v) is 7.39. The van der Waals surface area contributed by atoms with Gasteiger partial charge in [0.25, 0.3) is 0 Å². The van der Waals surface area contributed by atoms with Gasteiger partial charge in [-0.1, -0.05) is 35.9 Å². The van der Waals surface area contributed by atoms with Gasteiger partial charge in [-0.25, -0.2) is 0 Å². The van der Waals surface area contributed by atoms with Gasteiger partial charge in [-0.2, -0.15) is 0 Å². The lowest BCUT2D eigenvalue weighted by molar-refractivity contribution is 0.242. The number of hydrogen-bond acceptors (Lipinski definition) is 1. The summed E-state index contributed by atoms with van der Waals surface area (Å²) in [7, 11) is 0. The zero-order chi connectivity index (χ0) is 14.7. The van der Waals surface area contributed by atoms with Crippen LogP contribution in [0.5, 0.6) is 5.75 Å². The van der Waals surface area contributed by atoms with Crippen LogP contribution in [0, 0.1) is 13.8 Å². The second-order valence-electron chi connectivity index (χ2n) is 5.46. The molecule has 0 radical (unpaired) electrons. The topological polar surface area (TPSA) is 9.23 Å². The van der Waals surface area contributed by atoms with Gasteiger partial charge in [0.05, 0.1) is 11.5 Å². The van der Waals surface area contributed by atoms with Gasteiger partial charge >= 0.3 is 0 Å². The number of rotatable bonds is 4. The van der Waals surface area contributed by atoms with Crippen molar-refractivity contribution in [2.75, 3.05) is 0 Å². The number of ether oxygens (including phenoxy) is 1. The summed E-state index contributed by atoms with van der Waals surface area (Å²) in [5.74, 6) is 0.883. The van der Waals surface area contributed by atoms with Crippen LogP contribution in [0.15, 0.2) is 42.5 Å². The number of halogens is 1. The molecular weight excluding hydrogens is 268 g/mol. The maximum absolute atomic E-state index is 6.61. The molecule has 0 saturated carbocycles. The van der Waals surface area contributed by atoms with Crippen LogP contribution in [0.3, 0.4) is 0 Å². The second kappa shape index (κ2) is 6.32. The Bertz CT molecular complexity index is 572. The van der Waals surface area contributed by atoms with Crippen LogP contribution < -0.4 is 4.74 Å². The van der Waals surface area contributed by atoms with Crippen LogP contribution in [0.2, 0.25) is 0 Å². The molecule has 2 aromatic carbocycles. The summed E-state index contributed by atoms with van der Waals surface area (Å²) >= 11 is 6.61. The van der Waals surface area contributed by atoms with Gasteiger partial charge in [-0.15, -0.1) is 11.6 Å². The summed E-state index contributed by atoms with van der Waals surface area (Å²) < 4.78 is 5.65. The van der Waals surface area contributed by atoms with E-state index >= 15 is 0 Å². The molecule has 0 aliphatic heterocycles. The lowest BCUT2D eigenvalue weighted by Gasteiger charge is -2.15. The third kappa shape index (κ3) is 3.55. The smallest absolute Gasteiger partial charge is 0.119 e. The zero-order valence-corrected chi connectivity index (χ0v) is 13.2. The van der Waals surface area contributed by atoms with E-state index in [2.05, 4.69) is 32.0 Å². The fraction of sp³-hybridized carbons (Fsp3) is 0.333. The van der Waals surface area contributed by atoms with E-state index in [1.54, 1.807) is 0 Å². The van der Waals surface area contributed by atoms with E-state index in [9.17, 15) is 0 Å². The van der Waals surface area contributed by atoms with E-state index in [1.807, 2.05) is 38.1 Å². The van der Waals surface area contributed by atoms with E-state index < -0.39 is 0 Å². The Morgan fingerprint density at radius 2 is 1.60 bits per heavy atom. The standard InChI is InChI=1S/C18H21ClO/c1-12(2)20-16-8-6-15(7-9-16)18(19)17-10-5-13(3)11-14(17)4/h5-12,18H,1-4H3. The molecule has 0 fully saturated rings. The molecule has 0 N–H and O–H groups in total. The van der Waals surface area contributed by atoms with Gasteiger partial charge in [-0.3, -0.25) is 0 Å². The van der Waals surface area contributed by atoms with Gasteiger partial charge in [-0.05, 0) is 56.5 Å². The maximum atomic E-state index is 6.61. The first-order valence-electron chi connectivity index (χ1n) is 6.95. The Balaban J connectivity index is 2.22. The van der Waals surface area contributed by atoms with Crippen LogP contribution in [-0.2, 0) is 0 Å². The summed E-state index contributed by atoms with van der Waals surface area (Å²) in [6.45, 7) is 8.24. The Labute approximate surface area is 126 Å². The van der Waals surface area contributed by atoms with Crippen LogP contribution in [0.4, 0.5) is 0 Å². The molecule has 0 aliphatic rings. The molecule has 0 saturated heterocycles. The van der Waals surface area contributed by atoms with E-state index in [0.717, 1.165) is 16.9 Å². The molecule has 1 unspecified atom stereocenters. The van der Waals surface area contributed by atoms with Gasteiger partial charge in [0.15, 0.2) is 0 Å². The molecular formula is C18H21ClO. The molecule has 0 amide bonds. The van der Waals surface area contributed by atoms with Crippen molar-refractivity contribution >= 4 is 11.6 Å². The molecule has 0 aliphatic carbocycles. The molecule has 1 nitrogen and oxygen atoms in total. The number of aryl methyl sites for hydroxylation is 2. The molecule has 2 rings (SSSR count). The lowest BCUT2D eigenvalue weighted by Crippen LogP contribution is -2.05. The highest BCUT2D eigenvalue weighted by Gasteiger charge is 2.13. The predicted molar refractivity (Wildman–Crippen MR) is 85.8 cm³/mol. The first kappa shape index (κ1) is 14.9. The Hall–Kier alpha value is -1.47. The van der Waals surface area contributed by atoms with Crippen molar-refractivity contribution in [2.45, 2.75) is 39.2 Å². The van der Waals surface area contributed by atoms with Crippen molar-refractivity contribution in [3.8, 4) is 5.75 Å². The zero-order valence-electron chi connectivity index (χ0n) is 12.5. The fourth-order valence-electron chi connectivity index (χ4n) is 2.28. The van der Waals surface area contributed by atoms with Crippen molar-refractivity contribution in [1.29, 1.82) is 0 Å². The van der Waals surface area contributed by atoms with E-state index in [-0.39, 0.29) is 11.5 Å². The van der Waals surface area contributed by atoms with Crippen molar-refractivity contribution in [3.05, 3.63) is 64.7 Å². The van der Waals surface area contributed by atoms with Crippen molar-refractivity contribution in [3.63, 3.8) is 0 Å². The SMILES string of the molecule is Cc1ccc(C(Cl)c2ccc(OC(C)C)cc2)c(C)c1. The van der Waals surface area contributed by atoms with Crippen LogP contribution in [0.25, 0.3) is 0 Å². The van der Waals surface area contributed by atoms with Gasteiger partial charge in [0.2, 0.25) is 0 Å². The summed E-state index contributed by atoms with van der Waals surface area (Å²) in [6.07, 6.45) is 0.187. The average Bonchev–Trinajstić information content (AvgIpc) is 2.38. The van der Waals surface area contributed by atoms with Gasteiger partial charge < -0.3 is 4.74 Å². The summed E-state index contributed by atoms with van der Waals surface area (Å²) in [5.41, 5.74) is 4.74. The Kier molecular flexibility index (Phi) is 4.72. The number of alkyl halides is 1. The summed E-state index contributed by atoms with van der Waals surface area (Å²) in [5, 5.41) is -0.122. The molecule has 0 aromatic heterocycles. The molecule has 2 heteroatoms. The molecule has 1 atom stereocenters. The third-order valence-corrected chi connectivity index (χ3v) is 3.73. The predicted octanol–water partition coefficient (Wildman–Crippen LogP) is 5.42. The van der Waals surface area contributed by atoms with Crippen molar-refractivity contribution < 1.29 is 4.74 Å². The summed E-state index contributed by atoms with van der Waals surface area (Å²) in [6, 6.07) is 14.4. The largest absolute Gasteiger partial charge is 0.491 e. The monoisotopic (exact) mass is 288 g/mol. The van der Waals surface area contributed by atoms with E-state index in [0.29, 0.717) is 0 Å². The van der Waals surface area contributed by atoms with Crippen molar-refractivity contribution in [1.82, 2.24) is 0 Å². The van der Waals surface area contributed by atoms with Crippen LogP contribution >= 0.6 is 11.6 Å². The Morgan fingerprint density at radius 1 is 0.950 bits per heavy atom. The molecule has 0 bridgehead atoms. The van der Waals surface area contributed by atoms with Gasteiger partial charge in [0.1, 0.15) is 5.75 Å².